The van der Waals surface area contributed by atoms with Gasteiger partial charge in [-0.05, 0) is 66.2 Å². The smallest absolute Gasteiger partial charge is 0.265 e. The molecule has 0 atom stereocenters. The third kappa shape index (κ3) is 4.90. The van der Waals surface area contributed by atoms with E-state index in [-0.39, 0.29) is 24.9 Å². The highest BCUT2D eigenvalue weighted by molar-refractivity contribution is 6.30. The largest absolute Gasteiger partial charge is 0.484 e. The minimum Gasteiger partial charge on any atom is -0.484 e. The molecule has 32 heavy (non-hydrogen) atoms. The highest BCUT2D eigenvalue weighted by Gasteiger charge is 2.15. The number of hydrogen-bond acceptors (Lipinski definition) is 3. The molecular formula is C24H19ClFN3O3. The van der Waals surface area contributed by atoms with Gasteiger partial charge in [0.1, 0.15) is 17.3 Å². The van der Waals surface area contributed by atoms with E-state index in [0.717, 1.165) is 5.52 Å². The summed E-state index contributed by atoms with van der Waals surface area (Å²) < 4.78 is 20.7. The number of hydrogen-bond donors (Lipinski definition) is 2. The summed E-state index contributed by atoms with van der Waals surface area (Å²) in [5.74, 6) is -0.765. The van der Waals surface area contributed by atoms with Crippen molar-refractivity contribution < 1.29 is 18.7 Å². The molecule has 0 bridgehead atoms. The molecule has 8 heteroatoms. The SMILES string of the molecule is NC(=O)c1cc2cc(NC(=O)COc3ccc(Cl)cc3)ccc2n1Cc1cccc(F)c1. The number of nitrogens with zero attached hydrogens (tertiary/aromatic N) is 1. The quantitative estimate of drug-likeness (QED) is 0.430. The van der Waals surface area contributed by atoms with Crippen LogP contribution in [0.15, 0.2) is 72.8 Å². The number of amides is 2. The van der Waals surface area contributed by atoms with Crippen molar-refractivity contribution in [2.45, 2.75) is 6.54 Å². The molecule has 0 saturated carbocycles. The molecule has 3 aromatic carbocycles. The number of aromatic nitrogens is 1. The van der Waals surface area contributed by atoms with Gasteiger partial charge < -0.3 is 20.4 Å². The Bertz CT molecular complexity index is 1300. The van der Waals surface area contributed by atoms with Gasteiger partial charge >= 0.3 is 0 Å². The van der Waals surface area contributed by atoms with Crippen LogP contribution in [0.2, 0.25) is 5.02 Å². The first kappa shape index (κ1) is 21.4. The second-order valence-corrected chi connectivity index (χ2v) is 7.61. The predicted octanol–water partition coefficient (Wildman–Crippen LogP) is 4.60. The van der Waals surface area contributed by atoms with Crippen LogP contribution < -0.4 is 15.8 Å². The molecule has 0 fully saturated rings. The van der Waals surface area contributed by atoms with E-state index in [2.05, 4.69) is 5.32 Å². The topological polar surface area (TPSA) is 86.3 Å². The van der Waals surface area contributed by atoms with Gasteiger partial charge in [-0.1, -0.05) is 23.7 Å². The molecular weight excluding hydrogens is 433 g/mol. The molecule has 3 N–H and O–H groups in total. The maximum Gasteiger partial charge on any atom is 0.265 e. The Kier molecular flexibility index (Phi) is 6.09. The molecule has 0 unspecified atom stereocenters. The van der Waals surface area contributed by atoms with Gasteiger partial charge in [-0.2, -0.15) is 0 Å². The van der Waals surface area contributed by atoms with Crippen molar-refractivity contribution in [1.82, 2.24) is 4.57 Å². The first-order chi connectivity index (χ1) is 15.4. The Morgan fingerprint density at radius 1 is 1.03 bits per heavy atom. The van der Waals surface area contributed by atoms with Crippen molar-refractivity contribution in [3.63, 3.8) is 0 Å². The average molecular weight is 452 g/mol. The number of carbonyl (C=O) groups is 2. The fraction of sp³-hybridized carbons (Fsp3) is 0.0833. The molecule has 2 amide bonds. The highest BCUT2D eigenvalue weighted by Crippen LogP contribution is 2.25. The molecule has 1 aromatic heterocycles. The van der Waals surface area contributed by atoms with Crippen molar-refractivity contribution in [1.29, 1.82) is 0 Å². The summed E-state index contributed by atoms with van der Waals surface area (Å²) in [6.45, 7) is 0.104. The normalized spacial score (nSPS) is 10.8. The number of rotatable bonds is 7. The minimum atomic E-state index is -0.598. The van der Waals surface area contributed by atoms with E-state index >= 15 is 0 Å². The van der Waals surface area contributed by atoms with Gasteiger partial charge in [0.05, 0.1) is 0 Å². The lowest BCUT2D eigenvalue weighted by Crippen LogP contribution is -2.20. The fourth-order valence-electron chi connectivity index (χ4n) is 3.42. The maximum atomic E-state index is 13.6. The number of ether oxygens (including phenoxy) is 1. The average Bonchev–Trinajstić information content (AvgIpc) is 3.11. The Morgan fingerprint density at radius 2 is 1.81 bits per heavy atom. The number of anilines is 1. The third-order valence-electron chi connectivity index (χ3n) is 4.85. The molecule has 0 radical (unpaired) electrons. The first-order valence-electron chi connectivity index (χ1n) is 9.75. The number of fused-ring (bicyclic) bond motifs is 1. The summed E-state index contributed by atoms with van der Waals surface area (Å²) >= 11 is 5.83. The van der Waals surface area contributed by atoms with E-state index < -0.39 is 5.91 Å². The van der Waals surface area contributed by atoms with E-state index in [1.165, 1.54) is 12.1 Å². The van der Waals surface area contributed by atoms with Crippen molar-refractivity contribution in [2.75, 3.05) is 11.9 Å². The molecule has 0 spiro atoms. The number of nitrogens with two attached hydrogens (primary N) is 1. The van der Waals surface area contributed by atoms with Crippen LogP contribution in [0.3, 0.4) is 0 Å². The van der Waals surface area contributed by atoms with Gasteiger partial charge in [-0.15, -0.1) is 0 Å². The number of benzene rings is 3. The maximum absolute atomic E-state index is 13.6. The molecule has 0 aliphatic rings. The summed E-state index contributed by atoms with van der Waals surface area (Å²) in [6, 6.07) is 19.7. The van der Waals surface area contributed by atoms with Crippen LogP contribution in [0.25, 0.3) is 10.9 Å². The molecule has 0 aliphatic heterocycles. The lowest BCUT2D eigenvalue weighted by atomic mass is 10.2. The van der Waals surface area contributed by atoms with Gasteiger partial charge in [0.15, 0.2) is 6.61 Å². The Morgan fingerprint density at radius 3 is 2.53 bits per heavy atom. The monoisotopic (exact) mass is 451 g/mol. The van der Waals surface area contributed by atoms with Crippen molar-refractivity contribution in [3.05, 3.63) is 94.9 Å². The molecule has 0 saturated heterocycles. The number of nitrogens with one attached hydrogen (secondary N) is 1. The van der Waals surface area contributed by atoms with Crippen molar-refractivity contribution in [2.24, 2.45) is 5.73 Å². The molecule has 4 rings (SSSR count). The first-order valence-corrected chi connectivity index (χ1v) is 10.1. The Labute approximate surface area is 188 Å². The molecule has 4 aromatic rings. The van der Waals surface area contributed by atoms with E-state index in [1.54, 1.807) is 65.2 Å². The summed E-state index contributed by atoms with van der Waals surface area (Å²) in [4.78, 5) is 24.3. The van der Waals surface area contributed by atoms with Crippen molar-refractivity contribution >= 4 is 40.0 Å². The van der Waals surface area contributed by atoms with Crippen LogP contribution in [0.4, 0.5) is 10.1 Å². The fourth-order valence-corrected chi connectivity index (χ4v) is 3.54. The highest BCUT2D eigenvalue weighted by atomic mass is 35.5. The van der Waals surface area contributed by atoms with Gasteiger partial charge in [-0.3, -0.25) is 9.59 Å². The molecule has 0 aliphatic carbocycles. The lowest BCUT2D eigenvalue weighted by Gasteiger charge is -2.10. The van der Waals surface area contributed by atoms with Gasteiger partial charge in [0.2, 0.25) is 0 Å². The zero-order valence-electron chi connectivity index (χ0n) is 16.8. The second-order valence-electron chi connectivity index (χ2n) is 7.17. The Balaban J connectivity index is 1.52. The summed E-state index contributed by atoms with van der Waals surface area (Å²) in [5, 5.41) is 4.06. The molecule has 1 heterocycles. The van der Waals surface area contributed by atoms with E-state index in [4.69, 9.17) is 22.1 Å². The van der Waals surface area contributed by atoms with Crippen LogP contribution in [0.5, 0.6) is 5.75 Å². The summed E-state index contributed by atoms with van der Waals surface area (Å²) in [7, 11) is 0. The van der Waals surface area contributed by atoms with Crippen LogP contribution in [-0.2, 0) is 11.3 Å². The summed E-state index contributed by atoms with van der Waals surface area (Å²) in [6.07, 6.45) is 0. The predicted molar refractivity (Wildman–Crippen MR) is 122 cm³/mol. The van der Waals surface area contributed by atoms with Crippen LogP contribution >= 0.6 is 11.6 Å². The molecule has 6 nitrogen and oxygen atoms in total. The van der Waals surface area contributed by atoms with Gasteiger partial charge in [-0.25, -0.2) is 4.39 Å². The Hall–Kier alpha value is -3.84. The van der Waals surface area contributed by atoms with Crippen molar-refractivity contribution in [3.8, 4) is 5.75 Å². The second kappa shape index (κ2) is 9.11. The zero-order chi connectivity index (χ0) is 22.7. The van der Waals surface area contributed by atoms with E-state index in [0.29, 0.717) is 33.1 Å². The standard InChI is InChI=1S/C24H19ClFN3O3/c25-17-4-7-20(8-5-17)32-14-23(30)28-19-6-9-21-16(11-19)12-22(24(27)31)29(21)13-15-2-1-3-18(26)10-15/h1-12H,13-14H2,(H2,27,31)(H,28,30). The van der Waals surface area contributed by atoms with Gasteiger partial charge in [0, 0.05) is 28.2 Å². The van der Waals surface area contributed by atoms with Crippen LogP contribution in [-0.4, -0.2) is 23.0 Å². The number of halogens is 2. The summed E-state index contributed by atoms with van der Waals surface area (Å²) in [5.41, 5.74) is 7.82. The number of carbonyl (C=O) groups excluding carboxylic acids is 2. The molecule has 162 valence electrons. The van der Waals surface area contributed by atoms with E-state index in [1.807, 2.05) is 0 Å². The van der Waals surface area contributed by atoms with Crippen LogP contribution in [0, 0.1) is 5.82 Å². The van der Waals surface area contributed by atoms with E-state index in [9.17, 15) is 14.0 Å². The van der Waals surface area contributed by atoms with Gasteiger partial charge in [0.25, 0.3) is 11.8 Å². The third-order valence-corrected chi connectivity index (χ3v) is 5.10. The lowest BCUT2D eigenvalue weighted by molar-refractivity contribution is -0.118. The zero-order valence-corrected chi connectivity index (χ0v) is 17.6. The number of primary amides is 1. The minimum absolute atomic E-state index is 0.174. The van der Waals surface area contributed by atoms with Crippen LogP contribution in [0.1, 0.15) is 16.1 Å².